The van der Waals surface area contributed by atoms with Crippen LogP contribution in [0.4, 0.5) is 0 Å². The molecule has 1 aliphatic rings. The molecule has 4 heteroatoms. The molecular weight excluding hydrogens is 233 g/mol. The fraction of sp³-hybridized carbons (Fsp3) is 0.455. The maximum absolute atomic E-state index is 9.40. The van der Waals surface area contributed by atoms with Crippen LogP contribution >= 0.6 is 23.2 Å². The van der Waals surface area contributed by atoms with Gasteiger partial charge in [0.05, 0.1) is 16.1 Å². The molecule has 0 amide bonds. The number of aliphatic hydroxyl groups excluding tert-OH is 1. The van der Waals surface area contributed by atoms with Gasteiger partial charge in [0.2, 0.25) is 0 Å². The van der Waals surface area contributed by atoms with Crippen molar-refractivity contribution in [3.8, 4) is 0 Å². The zero-order chi connectivity index (χ0) is 11.1. The molecular formula is C11H13Cl2NO. The van der Waals surface area contributed by atoms with Crippen LogP contribution in [0.1, 0.15) is 18.4 Å². The molecule has 1 aromatic rings. The van der Waals surface area contributed by atoms with Crippen LogP contribution in [0.3, 0.4) is 0 Å². The summed E-state index contributed by atoms with van der Waals surface area (Å²) in [5.41, 5.74) is 6.55. The summed E-state index contributed by atoms with van der Waals surface area (Å²) in [5.74, 6) is 0. The largest absolute Gasteiger partial charge is 0.393 e. The maximum atomic E-state index is 9.40. The zero-order valence-electron chi connectivity index (χ0n) is 8.21. The van der Waals surface area contributed by atoms with Crippen LogP contribution < -0.4 is 5.73 Å². The first kappa shape index (κ1) is 11.2. The van der Waals surface area contributed by atoms with Gasteiger partial charge in [-0.1, -0.05) is 35.3 Å². The monoisotopic (exact) mass is 245 g/mol. The number of nitrogens with two attached hydrogens (primary N) is 1. The van der Waals surface area contributed by atoms with Gasteiger partial charge in [-0.25, -0.2) is 0 Å². The number of aliphatic hydroxyl groups is 1. The lowest BCUT2D eigenvalue weighted by atomic mass is 9.63. The summed E-state index contributed by atoms with van der Waals surface area (Å²) >= 11 is 12.1. The van der Waals surface area contributed by atoms with Gasteiger partial charge in [-0.2, -0.15) is 0 Å². The molecule has 0 atom stereocenters. The van der Waals surface area contributed by atoms with Gasteiger partial charge in [0.25, 0.3) is 0 Å². The van der Waals surface area contributed by atoms with E-state index in [0.717, 1.165) is 5.56 Å². The van der Waals surface area contributed by atoms with Crippen molar-refractivity contribution in [2.24, 2.45) is 5.73 Å². The highest BCUT2D eigenvalue weighted by atomic mass is 35.5. The van der Waals surface area contributed by atoms with E-state index in [9.17, 15) is 5.11 Å². The molecule has 2 rings (SSSR count). The van der Waals surface area contributed by atoms with Gasteiger partial charge in [0.15, 0.2) is 0 Å². The summed E-state index contributed by atoms with van der Waals surface area (Å²) in [6.45, 7) is 0.490. The van der Waals surface area contributed by atoms with Crippen molar-refractivity contribution in [1.29, 1.82) is 0 Å². The van der Waals surface area contributed by atoms with Crippen LogP contribution in [-0.4, -0.2) is 17.8 Å². The average Bonchev–Trinajstić information content (AvgIpc) is 2.17. The van der Waals surface area contributed by atoms with Gasteiger partial charge in [-0.15, -0.1) is 0 Å². The second-order valence-electron chi connectivity index (χ2n) is 4.15. The molecule has 0 heterocycles. The van der Waals surface area contributed by atoms with Crippen molar-refractivity contribution < 1.29 is 5.11 Å². The number of hydrogen-bond acceptors (Lipinski definition) is 2. The highest BCUT2D eigenvalue weighted by molar-refractivity contribution is 6.42. The Bertz CT molecular complexity index is 375. The van der Waals surface area contributed by atoms with E-state index in [1.807, 2.05) is 12.1 Å². The van der Waals surface area contributed by atoms with E-state index >= 15 is 0 Å². The van der Waals surface area contributed by atoms with Crippen molar-refractivity contribution in [1.82, 2.24) is 0 Å². The summed E-state index contributed by atoms with van der Waals surface area (Å²) in [7, 11) is 0. The molecule has 15 heavy (non-hydrogen) atoms. The molecule has 0 spiro atoms. The third-order valence-corrected chi connectivity index (χ3v) is 3.99. The minimum Gasteiger partial charge on any atom is -0.393 e. The third kappa shape index (κ3) is 1.76. The van der Waals surface area contributed by atoms with Crippen molar-refractivity contribution in [3.63, 3.8) is 0 Å². The van der Waals surface area contributed by atoms with Gasteiger partial charge in [-0.05, 0) is 24.5 Å². The van der Waals surface area contributed by atoms with Crippen molar-refractivity contribution in [2.45, 2.75) is 24.4 Å². The first-order chi connectivity index (χ1) is 7.09. The molecule has 0 radical (unpaired) electrons. The zero-order valence-corrected chi connectivity index (χ0v) is 9.72. The fourth-order valence-corrected chi connectivity index (χ4v) is 2.75. The van der Waals surface area contributed by atoms with E-state index in [1.165, 1.54) is 0 Å². The standard InChI is InChI=1S/C11H13Cl2NO/c12-9-3-1-2-8(10(9)13)11(6-14)4-7(15)5-11/h1-3,7,15H,4-6,14H2. The number of rotatable bonds is 2. The maximum Gasteiger partial charge on any atom is 0.0630 e. The van der Waals surface area contributed by atoms with E-state index in [0.29, 0.717) is 29.4 Å². The Morgan fingerprint density at radius 3 is 2.60 bits per heavy atom. The fourth-order valence-electron chi connectivity index (χ4n) is 2.25. The highest BCUT2D eigenvalue weighted by Gasteiger charge is 2.45. The van der Waals surface area contributed by atoms with Crippen molar-refractivity contribution in [3.05, 3.63) is 33.8 Å². The Kier molecular flexibility index (Phi) is 2.95. The molecule has 0 aliphatic heterocycles. The van der Waals surface area contributed by atoms with Gasteiger partial charge >= 0.3 is 0 Å². The topological polar surface area (TPSA) is 46.2 Å². The summed E-state index contributed by atoms with van der Waals surface area (Å²) in [6.07, 6.45) is 1.08. The lowest BCUT2D eigenvalue weighted by molar-refractivity contribution is 0.0222. The van der Waals surface area contributed by atoms with Crippen LogP contribution in [0.15, 0.2) is 18.2 Å². The van der Waals surface area contributed by atoms with Crippen LogP contribution in [0.5, 0.6) is 0 Å². The van der Waals surface area contributed by atoms with E-state index in [1.54, 1.807) is 6.07 Å². The molecule has 3 N–H and O–H groups in total. The lowest BCUT2D eigenvalue weighted by Gasteiger charge is -2.45. The van der Waals surface area contributed by atoms with Crippen LogP contribution in [0, 0.1) is 0 Å². The Hall–Kier alpha value is -0.280. The lowest BCUT2D eigenvalue weighted by Crippen LogP contribution is -2.50. The molecule has 1 aliphatic carbocycles. The average molecular weight is 246 g/mol. The van der Waals surface area contributed by atoms with Gasteiger partial charge < -0.3 is 10.8 Å². The molecule has 0 aromatic heterocycles. The molecule has 0 bridgehead atoms. The Morgan fingerprint density at radius 1 is 1.40 bits per heavy atom. The van der Waals surface area contributed by atoms with Gasteiger partial charge in [0.1, 0.15) is 0 Å². The van der Waals surface area contributed by atoms with Gasteiger partial charge in [-0.3, -0.25) is 0 Å². The molecule has 1 aromatic carbocycles. The Labute approximate surface area is 99.0 Å². The predicted octanol–water partition coefficient (Wildman–Crippen LogP) is 2.34. The second-order valence-corrected chi connectivity index (χ2v) is 4.93. The highest BCUT2D eigenvalue weighted by Crippen LogP contribution is 2.46. The van der Waals surface area contributed by atoms with Gasteiger partial charge in [0, 0.05) is 12.0 Å². The van der Waals surface area contributed by atoms with E-state index in [-0.39, 0.29) is 11.5 Å². The summed E-state index contributed by atoms with van der Waals surface area (Å²) in [6, 6.07) is 5.56. The minimum atomic E-state index is -0.261. The summed E-state index contributed by atoms with van der Waals surface area (Å²) < 4.78 is 0. The minimum absolute atomic E-state index is 0.179. The van der Waals surface area contributed by atoms with Crippen LogP contribution in [0.2, 0.25) is 10.0 Å². The first-order valence-electron chi connectivity index (χ1n) is 4.92. The predicted molar refractivity (Wildman–Crippen MR) is 62.4 cm³/mol. The number of hydrogen-bond donors (Lipinski definition) is 2. The van der Waals surface area contributed by atoms with E-state index in [4.69, 9.17) is 28.9 Å². The number of halogens is 2. The SMILES string of the molecule is NCC1(c2cccc(Cl)c2Cl)CC(O)C1. The van der Waals surface area contributed by atoms with Crippen molar-refractivity contribution in [2.75, 3.05) is 6.54 Å². The van der Waals surface area contributed by atoms with Crippen molar-refractivity contribution >= 4 is 23.2 Å². The quantitative estimate of drug-likeness (QED) is 0.841. The molecule has 1 fully saturated rings. The first-order valence-corrected chi connectivity index (χ1v) is 5.67. The third-order valence-electron chi connectivity index (χ3n) is 3.17. The number of benzene rings is 1. The van der Waals surface area contributed by atoms with E-state index < -0.39 is 0 Å². The normalized spacial score (nSPS) is 30.0. The second kappa shape index (κ2) is 3.95. The molecule has 0 unspecified atom stereocenters. The van der Waals surface area contributed by atoms with Crippen LogP contribution in [0.25, 0.3) is 0 Å². The molecule has 82 valence electrons. The smallest absolute Gasteiger partial charge is 0.0630 e. The molecule has 1 saturated carbocycles. The van der Waals surface area contributed by atoms with E-state index in [2.05, 4.69) is 0 Å². The molecule has 2 nitrogen and oxygen atoms in total. The Morgan fingerprint density at radius 2 is 2.07 bits per heavy atom. The summed E-state index contributed by atoms with van der Waals surface area (Å²) in [4.78, 5) is 0. The Balaban J connectivity index is 2.40. The summed E-state index contributed by atoms with van der Waals surface area (Å²) in [5, 5.41) is 10.5. The molecule has 0 saturated heterocycles. The van der Waals surface area contributed by atoms with Crippen LogP contribution in [-0.2, 0) is 5.41 Å².